The van der Waals surface area contributed by atoms with E-state index in [1.54, 1.807) is 11.1 Å². The Morgan fingerprint density at radius 2 is 2.08 bits per heavy atom. The molecule has 1 fully saturated rings. The van der Waals surface area contributed by atoms with E-state index in [0.29, 0.717) is 19.7 Å². The maximum Gasteiger partial charge on any atom is 0.410 e. The average Bonchev–Trinajstić information content (AvgIpc) is 2.91. The van der Waals surface area contributed by atoms with Crippen molar-refractivity contribution in [2.75, 3.05) is 32.8 Å². The number of carbonyl (C=O) groups excluding carboxylic acids is 1. The van der Waals surface area contributed by atoms with Crippen molar-refractivity contribution in [3.8, 4) is 0 Å². The molecule has 1 atom stereocenters. The van der Waals surface area contributed by atoms with Gasteiger partial charge in [-0.15, -0.1) is 0 Å². The lowest BCUT2D eigenvalue weighted by Crippen LogP contribution is -2.52. The maximum absolute atomic E-state index is 12.5. The molecule has 1 aliphatic heterocycles. The van der Waals surface area contributed by atoms with E-state index < -0.39 is 5.60 Å². The summed E-state index contributed by atoms with van der Waals surface area (Å²) in [6.07, 6.45) is 3.69. The zero-order valence-corrected chi connectivity index (χ0v) is 16.4. The minimum absolute atomic E-state index is 0.0389. The third-order valence-electron chi connectivity index (χ3n) is 4.13. The number of imidazole rings is 1. The Bertz CT molecular complexity index is 565. The summed E-state index contributed by atoms with van der Waals surface area (Å²) >= 11 is 0. The van der Waals surface area contributed by atoms with Crippen LogP contribution in [0.1, 0.15) is 46.5 Å². The number of aromatic nitrogens is 2. The quantitative estimate of drug-likeness (QED) is 0.815. The number of rotatable bonds is 5. The number of aryl methyl sites for hydroxylation is 1. The lowest BCUT2D eigenvalue weighted by molar-refractivity contribution is -0.00783. The predicted molar refractivity (Wildman–Crippen MR) is 96.4 cm³/mol. The molecule has 25 heavy (non-hydrogen) atoms. The van der Waals surface area contributed by atoms with Gasteiger partial charge in [-0.05, 0) is 34.6 Å². The van der Waals surface area contributed by atoms with Gasteiger partial charge in [0.15, 0.2) is 0 Å². The van der Waals surface area contributed by atoms with Crippen LogP contribution in [0.4, 0.5) is 4.79 Å². The fourth-order valence-electron chi connectivity index (χ4n) is 2.93. The molecule has 0 aliphatic carbocycles. The first-order valence-electron chi connectivity index (χ1n) is 8.98. The summed E-state index contributed by atoms with van der Waals surface area (Å²) in [4.78, 5) is 21.1. The van der Waals surface area contributed by atoms with Crippen molar-refractivity contribution < 1.29 is 14.3 Å². The molecule has 2 heterocycles. The lowest BCUT2D eigenvalue weighted by atomic mass is 10.1. The molecule has 1 aromatic heterocycles. The molecule has 2 rings (SSSR count). The third kappa shape index (κ3) is 5.71. The van der Waals surface area contributed by atoms with E-state index in [-0.39, 0.29) is 18.2 Å². The van der Waals surface area contributed by atoms with Crippen LogP contribution in [0, 0.1) is 0 Å². The van der Waals surface area contributed by atoms with Crippen molar-refractivity contribution in [3.05, 3.63) is 18.2 Å². The van der Waals surface area contributed by atoms with Crippen molar-refractivity contribution in [2.45, 2.75) is 52.4 Å². The summed E-state index contributed by atoms with van der Waals surface area (Å²) in [5.41, 5.74) is -0.488. The van der Waals surface area contributed by atoms with Crippen molar-refractivity contribution >= 4 is 6.09 Å². The molecule has 1 saturated heterocycles. The minimum atomic E-state index is -0.488. The number of piperazine rings is 1. The highest BCUT2D eigenvalue weighted by Gasteiger charge is 2.34. The van der Waals surface area contributed by atoms with Crippen molar-refractivity contribution in [1.29, 1.82) is 0 Å². The highest BCUT2D eigenvalue weighted by molar-refractivity contribution is 5.68. The van der Waals surface area contributed by atoms with Crippen LogP contribution in [-0.2, 0) is 16.5 Å². The number of ether oxygens (including phenoxy) is 2. The van der Waals surface area contributed by atoms with Crippen LogP contribution in [0.5, 0.6) is 0 Å². The summed E-state index contributed by atoms with van der Waals surface area (Å²) < 4.78 is 13.3. The zero-order valence-electron chi connectivity index (χ0n) is 16.4. The number of hydrogen-bond acceptors (Lipinski definition) is 5. The standard InChI is InChI=1S/C18H32N4O3/c1-14(2)24-12-11-21-9-10-22(17(23)25-18(3,4)5)13-15(21)16-19-7-8-20(16)6/h7-8,14-15H,9-13H2,1-6H3/t15-/m0/s1. The largest absolute Gasteiger partial charge is 0.444 e. The molecule has 0 bridgehead atoms. The third-order valence-corrected chi connectivity index (χ3v) is 4.13. The summed E-state index contributed by atoms with van der Waals surface area (Å²) in [5, 5.41) is 0. The Labute approximate surface area is 150 Å². The molecule has 0 saturated carbocycles. The zero-order chi connectivity index (χ0) is 18.6. The van der Waals surface area contributed by atoms with Crippen LogP contribution in [0.15, 0.2) is 12.4 Å². The van der Waals surface area contributed by atoms with E-state index in [1.807, 2.05) is 52.4 Å². The minimum Gasteiger partial charge on any atom is -0.444 e. The molecule has 7 nitrogen and oxygen atoms in total. The van der Waals surface area contributed by atoms with Gasteiger partial charge in [-0.25, -0.2) is 9.78 Å². The number of hydrogen-bond donors (Lipinski definition) is 0. The highest BCUT2D eigenvalue weighted by Crippen LogP contribution is 2.25. The van der Waals surface area contributed by atoms with E-state index in [1.165, 1.54) is 0 Å². The second-order valence-electron chi connectivity index (χ2n) is 7.79. The second-order valence-corrected chi connectivity index (χ2v) is 7.79. The van der Waals surface area contributed by atoms with Crippen LogP contribution < -0.4 is 0 Å². The van der Waals surface area contributed by atoms with Crippen molar-refractivity contribution in [2.24, 2.45) is 7.05 Å². The Hall–Kier alpha value is -1.60. The fourth-order valence-corrected chi connectivity index (χ4v) is 2.93. The normalized spacial score (nSPS) is 19.5. The van der Waals surface area contributed by atoms with Crippen molar-refractivity contribution in [3.63, 3.8) is 0 Å². The summed E-state index contributed by atoms with van der Waals surface area (Å²) in [7, 11) is 1.98. The van der Waals surface area contributed by atoms with Gasteiger partial charge in [0, 0.05) is 45.6 Å². The summed E-state index contributed by atoms with van der Waals surface area (Å²) in [6.45, 7) is 13.2. The molecule has 1 aromatic rings. The Morgan fingerprint density at radius 3 is 2.64 bits per heavy atom. The van der Waals surface area contributed by atoms with Crippen LogP contribution in [-0.4, -0.2) is 69.9 Å². The predicted octanol–water partition coefficient (Wildman–Crippen LogP) is 2.44. The Kier molecular flexibility index (Phi) is 6.46. The van der Waals surface area contributed by atoms with E-state index >= 15 is 0 Å². The fraction of sp³-hybridized carbons (Fsp3) is 0.778. The molecule has 0 radical (unpaired) electrons. The SMILES string of the molecule is CC(C)OCCN1CCN(C(=O)OC(C)(C)C)C[C@H]1c1nccn1C. The Morgan fingerprint density at radius 1 is 1.36 bits per heavy atom. The molecule has 7 heteroatoms. The maximum atomic E-state index is 12.5. The lowest BCUT2D eigenvalue weighted by Gasteiger charge is -2.41. The second kappa shape index (κ2) is 8.19. The average molecular weight is 352 g/mol. The van der Waals surface area contributed by atoms with Gasteiger partial charge in [-0.2, -0.15) is 0 Å². The molecule has 0 N–H and O–H groups in total. The van der Waals surface area contributed by atoms with Gasteiger partial charge in [0.05, 0.1) is 18.8 Å². The highest BCUT2D eigenvalue weighted by atomic mass is 16.6. The number of nitrogens with zero attached hydrogens (tertiary/aromatic N) is 4. The smallest absolute Gasteiger partial charge is 0.410 e. The van der Waals surface area contributed by atoms with Gasteiger partial charge in [-0.3, -0.25) is 4.90 Å². The summed E-state index contributed by atoms with van der Waals surface area (Å²) in [5.74, 6) is 0.956. The molecule has 0 unspecified atom stereocenters. The number of carbonyl (C=O) groups is 1. The first kappa shape index (κ1) is 19.7. The van der Waals surface area contributed by atoms with Crippen LogP contribution in [0.2, 0.25) is 0 Å². The van der Waals surface area contributed by atoms with Gasteiger partial charge in [-0.1, -0.05) is 0 Å². The monoisotopic (exact) mass is 352 g/mol. The molecular formula is C18H32N4O3. The van der Waals surface area contributed by atoms with E-state index in [9.17, 15) is 4.79 Å². The molecule has 0 spiro atoms. The van der Waals surface area contributed by atoms with Crippen LogP contribution in [0.25, 0.3) is 0 Å². The molecule has 142 valence electrons. The van der Waals surface area contributed by atoms with E-state index in [2.05, 4.69) is 9.88 Å². The first-order chi connectivity index (χ1) is 11.7. The molecular weight excluding hydrogens is 320 g/mol. The van der Waals surface area contributed by atoms with Gasteiger partial charge >= 0.3 is 6.09 Å². The number of amides is 1. The van der Waals surface area contributed by atoms with Gasteiger partial charge in [0.25, 0.3) is 0 Å². The molecule has 0 aromatic carbocycles. The molecule has 1 aliphatic rings. The van der Waals surface area contributed by atoms with Gasteiger partial charge < -0.3 is 18.9 Å². The first-order valence-corrected chi connectivity index (χ1v) is 8.98. The van der Waals surface area contributed by atoms with Crippen LogP contribution >= 0.6 is 0 Å². The van der Waals surface area contributed by atoms with E-state index in [4.69, 9.17) is 9.47 Å². The van der Waals surface area contributed by atoms with Gasteiger partial charge in [0.1, 0.15) is 11.4 Å². The van der Waals surface area contributed by atoms with E-state index in [0.717, 1.165) is 18.9 Å². The summed E-state index contributed by atoms with van der Waals surface area (Å²) in [6, 6.07) is 0.0389. The van der Waals surface area contributed by atoms with Crippen molar-refractivity contribution in [1.82, 2.24) is 19.4 Å². The van der Waals surface area contributed by atoms with Gasteiger partial charge in [0.2, 0.25) is 0 Å². The molecule has 1 amide bonds. The topological polar surface area (TPSA) is 59.8 Å². The Balaban J connectivity index is 2.08. The van der Waals surface area contributed by atoms with Crippen LogP contribution in [0.3, 0.4) is 0 Å².